The number of nitrogens with one attached hydrogen (secondary N) is 1. The predicted octanol–water partition coefficient (Wildman–Crippen LogP) is 3.10. The van der Waals surface area contributed by atoms with E-state index in [0.717, 1.165) is 23.4 Å². The van der Waals surface area contributed by atoms with Crippen LogP contribution >= 0.6 is 11.3 Å². The molecule has 0 bridgehead atoms. The summed E-state index contributed by atoms with van der Waals surface area (Å²) in [5.41, 5.74) is 4.54. The molecule has 0 atom stereocenters. The number of nitrogen functional groups attached to an aromatic ring is 1. The van der Waals surface area contributed by atoms with Crippen LogP contribution in [0.15, 0.2) is 24.3 Å². The van der Waals surface area contributed by atoms with Crippen molar-refractivity contribution in [2.75, 3.05) is 5.73 Å². The van der Waals surface area contributed by atoms with E-state index in [1.807, 2.05) is 19.1 Å². The van der Waals surface area contributed by atoms with Gasteiger partial charge in [0.15, 0.2) is 5.82 Å². The van der Waals surface area contributed by atoms with Gasteiger partial charge in [0.1, 0.15) is 5.82 Å². The van der Waals surface area contributed by atoms with Crippen molar-refractivity contribution in [1.82, 2.24) is 5.32 Å². The Hall–Kier alpha value is -1.95. The van der Waals surface area contributed by atoms with Crippen LogP contribution in [0.3, 0.4) is 0 Å². The Labute approximate surface area is 119 Å². The molecule has 3 N–H and O–H groups in total. The first-order chi connectivity index (χ1) is 9.51. The molecular weight excluding hydrogens is 282 g/mol. The van der Waals surface area contributed by atoms with Crippen LogP contribution in [0.4, 0.5) is 14.5 Å². The molecule has 0 spiro atoms. The Bertz CT molecular complexity index is 640. The first kappa shape index (κ1) is 14.5. The molecule has 0 aliphatic carbocycles. The van der Waals surface area contributed by atoms with Crippen molar-refractivity contribution in [2.45, 2.75) is 19.9 Å². The number of nitrogens with two attached hydrogens (primary N) is 1. The third-order valence-electron chi connectivity index (χ3n) is 2.80. The summed E-state index contributed by atoms with van der Waals surface area (Å²) in [7, 11) is 0. The minimum absolute atomic E-state index is 0.277. The maximum absolute atomic E-state index is 13.7. The van der Waals surface area contributed by atoms with Crippen LogP contribution in [-0.2, 0) is 13.0 Å². The molecule has 6 heteroatoms. The quantitative estimate of drug-likeness (QED) is 0.852. The Morgan fingerprint density at radius 3 is 2.65 bits per heavy atom. The molecule has 2 aromatic rings. The lowest BCUT2D eigenvalue weighted by Gasteiger charge is -2.07. The molecule has 0 unspecified atom stereocenters. The Morgan fingerprint density at radius 2 is 2.00 bits per heavy atom. The van der Waals surface area contributed by atoms with Crippen molar-refractivity contribution in [3.8, 4) is 0 Å². The first-order valence-electron chi connectivity index (χ1n) is 6.11. The average molecular weight is 296 g/mol. The molecule has 106 valence electrons. The highest BCUT2D eigenvalue weighted by Gasteiger charge is 2.16. The summed E-state index contributed by atoms with van der Waals surface area (Å²) < 4.78 is 26.8. The number of hydrogen-bond acceptors (Lipinski definition) is 3. The van der Waals surface area contributed by atoms with Gasteiger partial charge in [-0.1, -0.05) is 6.92 Å². The van der Waals surface area contributed by atoms with Crippen LogP contribution in [0.1, 0.15) is 27.0 Å². The summed E-state index contributed by atoms with van der Waals surface area (Å²) in [4.78, 5) is 14.0. The number of rotatable bonds is 4. The van der Waals surface area contributed by atoms with Crippen LogP contribution in [0.5, 0.6) is 0 Å². The maximum atomic E-state index is 13.7. The fourth-order valence-corrected chi connectivity index (χ4v) is 2.64. The molecule has 1 aromatic carbocycles. The Kier molecular flexibility index (Phi) is 4.34. The Balaban J connectivity index is 2.09. The molecule has 0 aliphatic rings. The lowest BCUT2D eigenvalue weighted by molar-refractivity contribution is 0.0947. The first-order valence-corrected chi connectivity index (χ1v) is 6.93. The van der Waals surface area contributed by atoms with Crippen LogP contribution in [0.2, 0.25) is 0 Å². The van der Waals surface area contributed by atoms with E-state index in [0.29, 0.717) is 0 Å². The third kappa shape index (κ3) is 3.14. The number of amides is 1. The zero-order valence-electron chi connectivity index (χ0n) is 10.9. The molecule has 0 radical (unpaired) electrons. The van der Waals surface area contributed by atoms with Gasteiger partial charge in [-0.3, -0.25) is 4.79 Å². The summed E-state index contributed by atoms with van der Waals surface area (Å²) in [5, 5.41) is 2.56. The Morgan fingerprint density at radius 1 is 1.30 bits per heavy atom. The summed E-state index contributed by atoms with van der Waals surface area (Å²) >= 11 is 1.57. The van der Waals surface area contributed by atoms with Gasteiger partial charge in [-0.05, 0) is 30.7 Å². The van der Waals surface area contributed by atoms with Crippen molar-refractivity contribution in [3.05, 3.63) is 51.2 Å². The molecule has 1 amide bonds. The van der Waals surface area contributed by atoms with Crippen LogP contribution in [-0.4, -0.2) is 5.91 Å². The molecule has 3 nitrogen and oxygen atoms in total. The summed E-state index contributed by atoms with van der Waals surface area (Å²) in [6.45, 7) is 2.32. The fourth-order valence-electron chi connectivity index (χ4n) is 1.75. The van der Waals surface area contributed by atoms with Gasteiger partial charge in [0.25, 0.3) is 5.91 Å². The minimum Gasteiger partial charge on any atom is -0.396 e. The molecule has 1 heterocycles. The molecule has 1 aromatic heterocycles. The molecule has 0 saturated heterocycles. The van der Waals surface area contributed by atoms with E-state index in [2.05, 4.69) is 5.32 Å². The second kappa shape index (κ2) is 6.00. The summed E-state index contributed by atoms with van der Waals surface area (Å²) in [6.07, 6.45) is 0.924. The van der Waals surface area contributed by atoms with Gasteiger partial charge in [-0.2, -0.15) is 0 Å². The number of carbonyl (C=O) groups is 1. The third-order valence-corrected chi connectivity index (χ3v) is 4.03. The highest BCUT2D eigenvalue weighted by Crippen LogP contribution is 2.19. The number of carbonyl (C=O) groups excluding carboxylic acids is 1. The zero-order chi connectivity index (χ0) is 14.7. The van der Waals surface area contributed by atoms with E-state index >= 15 is 0 Å². The molecule has 0 saturated carbocycles. The number of hydrogen-bond donors (Lipinski definition) is 2. The SMILES string of the molecule is CCc1ccc(CNC(=O)c2cc(F)cc(N)c2F)s1. The van der Waals surface area contributed by atoms with Crippen molar-refractivity contribution in [2.24, 2.45) is 0 Å². The van der Waals surface area contributed by atoms with Crippen molar-refractivity contribution >= 4 is 22.9 Å². The molecular formula is C14H14F2N2OS. The van der Waals surface area contributed by atoms with Crippen LogP contribution in [0, 0.1) is 11.6 Å². The molecule has 2 rings (SSSR count). The second-order valence-corrected chi connectivity index (χ2v) is 5.51. The predicted molar refractivity (Wildman–Crippen MR) is 75.6 cm³/mol. The van der Waals surface area contributed by atoms with E-state index in [-0.39, 0.29) is 17.8 Å². The normalized spacial score (nSPS) is 10.6. The van der Waals surface area contributed by atoms with Gasteiger partial charge in [0, 0.05) is 9.75 Å². The average Bonchev–Trinajstić information content (AvgIpc) is 2.88. The topological polar surface area (TPSA) is 55.1 Å². The van der Waals surface area contributed by atoms with Gasteiger partial charge >= 0.3 is 0 Å². The van der Waals surface area contributed by atoms with Crippen molar-refractivity contribution in [3.63, 3.8) is 0 Å². The number of benzene rings is 1. The minimum atomic E-state index is -0.899. The highest BCUT2D eigenvalue weighted by atomic mass is 32.1. The zero-order valence-corrected chi connectivity index (χ0v) is 11.7. The number of aryl methyl sites for hydroxylation is 1. The van der Waals surface area contributed by atoms with Gasteiger partial charge < -0.3 is 11.1 Å². The summed E-state index contributed by atoms with van der Waals surface area (Å²) in [6, 6.07) is 5.57. The smallest absolute Gasteiger partial charge is 0.254 e. The maximum Gasteiger partial charge on any atom is 0.254 e. The monoisotopic (exact) mass is 296 g/mol. The molecule has 0 aliphatic heterocycles. The lowest BCUT2D eigenvalue weighted by atomic mass is 10.1. The van der Waals surface area contributed by atoms with Crippen molar-refractivity contribution in [1.29, 1.82) is 0 Å². The van der Waals surface area contributed by atoms with Gasteiger partial charge in [0.05, 0.1) is 17.8 Å². The van der Waals surface area contributed by atoms with Crippen LogP contribution < -0.4 is 11.1 Å². The van der Waals surface area contributed by atoms with E-state index < -0.39 is 17.5 Å². The number of thiophene rings is 1. The molecule has 20 heavy (non-hydrogen) atoms. The highest BCUT2D eigenvalue weighted by molar-refractivity contribution is 7.11. The standard InChI is InChI=1S/C14H14F2N2OS/c1-2-9-3-4-10(20-9)7-18-14(19)11-5-8(15)6-12(17)13(11)16/h3-6H,2,7,17H2,1H3,(H,18,19). The molecule has 0 fully saturated rings. The number of anilines is 1. The fraction of sp³-hybridized carbons (Fsp3) is 0.214. The van der Waals surface area contributed by atoms with E-state index in [4.69, 9.17) is 5.73 Å². The lowest BCUT2D eigenvalue weighted by Crippen LogP contribution is -2.24. The summed E-state index contributed by atoms with van der Waals surface area (Å²) in [5.74, 6) is -2.32. The van der Waals surface area contributed by atoms with Crippen molar-refractivity contribution < 1.29 is 13.6 Å². The number of halogens is 2. The largest absolute Gasteiger partial charge is 0.396 e. The second-order valence-electron chi connectivity index (χ2n) is 4.26. The van der Waals surface area contributed by atoms with Gasteiger partial charge in [0.2, 0.25) is 0 Å². The van der Waals surface area contributed by atoms with E-state index in [1.54, 1.807) is 11.3 Å². The van der Waals surface area contributed by atoms with E-state index in [9.17, 15) is 13.6 Å². The van der Waals surface area contributed by atoms with Gasteiger partial charge in [-0.15, -0.1) is 11.3 Å². The van der Waals surface area contributed by atoms with E-state index in [1.165, 1.54) is 4.88 Å². The van der Waals surface area contributed by atoms with Gasteiger partial charge in [-0.25, -0.2) is 8.78 Å². The van der Waals surface area contributed by atoms with Crippen LogP contribution in [0.25, 0.3) is 0 Å².